The molecule has 0 amide bonds. The minimum atomic E-state index is -0.559. The Kier molecular flexibility index (Phi) is 5.70. The van der Waals surface area contributed by atoms with Gasteiger partial charge in [0.25, 0.3) is 0 Å². The quantitative estimate of drug-likeness (QED) is 0.833. The van der Waals surface area contributed by atoms with E-state index in [0.29, 0.717) is 6.54 Å². The summed E-state index contributed by atoms with van der Waals surface area (Å²) in [6, 6.07) is 8.24. The largest absolute Gasteiger partial charge is 0.491 e. The first kappa shape index (κ1) is 18.5. The van der Waals surface area contributed by atoms with Crippen LogP contribution < -0.4 is 4.74 Å². The van der Waals surface area contributed by atoms with Crippen LogP contribution in [0.25, 0.3) is 0 Å². The molecule has 1 heterocycles. The second-order valence-corrected chi connectivity index (χ2v) is 8.37. The number of hydrogen-bond acceptors (Lipinski definition) is 3. The number of imidazole rings is 1. The van der Waals surface area contributed by atoms with E-state index in [0.717, 1.165) is 12.2 Å². The van der Waals surface area contributed by atoms with Crippen LogP contribution in [-0.4, -0.2) is 27.4 Å². The highest BCUT2D eigenvalue weighted by atomic mass is 16.5. The molecule has 0 radical (unpaired) electrons. The number of nitrogens with zero attached hydrogens (tertiary/aromatic N) is 2. The Morgan fingerprint density at radius 3 is 2.33 bits per heavy atom. The van der Waals surface area contributed by atoms with Gasteiger partial charge in [0.05, 0.1) is 12.9 Å². The lowest BCUT2D eigenvalue weighted by atomic mass is 9.72. The van der Waals surface area contributed by atoms with Crippen LogP contribution in [0, 0.1) is 5.41 Å². The van der Waals surface area contributed by atoms with Crippen molar-refractivity contribution in [1.82, 2.24) is 9.55 Å². The zero-order chi connectivity index (χ0) is 17.8. The van der Waals surface area contributed by atoms with Gasteiger partial charge in [0.15, 0.2) is 0 Å². The summed E-state index contributed by atoms with van der Waals surface area (Å²) in [6.45, 7) is 12.1. The molecule has 132 valence electrons. The van der Waals surface area contributed by atoms with Crippen molar-refractivity contribution >= 4 is 0 Å². The van der Waals surface area contributed by atoms with Gasteiger partial charge < -0.3 is 14.4 Å². The lowest BCUT2D eigenvalue weighted by Crippen LogP contribution is -2.25. The van der Waals surface area contributed by atoms with Gasteiger partial charge in [0.1, 0.15) is 18.5 Å². The lowest BCUT2D eigenvalue weighted by Gasteiger charge is -2.33. The van der Waals surface area contributed by atoms with E-state index in [4.69, 9.17) is 4.74 Å². The zero-order valence-corrected chi connectivity index (χ0v) is 15.5. The van der Waals surface area contributed by atoms with Crippen LogP contribution in [0.1, 0.15) is 46.6 Å². The van der Waals surface area contributed by atoms with Gasteiger partial charge in [-0.3, -0.25) is 0 Å². The number of ether oxygens (including phenoxy) is 1. The average molecular weight is 330 g/mol. The molecule has 0 aliphatic carbocycles. The first-order valence-corrected chi connectivity index (χ1v) is 8.53. The standard InChI is InChI=1S/C20H30N2O2/c1-19(2,3)14-20(4,5)16-6-8-18(9-7-16)24-13-17(23)12-22-11-10-21-15-22/h6-11,15,17,23H,12-14H2,1-5H3. The van der Waals surface area contributed by atoms with Crippen LogP contribution in [0.2, 0.25) is 0 Å². The molecule has 1 N–H and O–H groups in total. The van der Waals surface area contributed by atoms with Crippen molar-refractivity contribution in [2.45, 2.75) is 59.1 Å². The topological polar surface area (TPSA) is 47.3 Å². The Morgan fingerprint density at radius 1 is 1.12 bits per heavy atom. The molecule has 1 atom stereocenters. The first-order chi connectivity index (χ1) is 11.2. The number of aliphatic hydroxyl groups excluding tert-OH is 1. The summed E-state index contributed by atoms with van der Waals surface area (Å²) in [4.78, 5) is 3.96. The smallest absolute Gasteiger partial charge is 0.119 e. The molecule has 4 heteroatoms. The molecule has 0 saturated heterocycles. The molecule has 0 fully saturated rings. The van der Waals surface area contributed by atoms with E-state index in [1.165, 1.54) is 5.56 Å². The van der Waals surface area contributed by atoms with Gasteiger partial charge in [-0.05, 0) is 34.9 Å². The summed E-state index contributed by atoms with van der Waals surface area (Å²) >= 11 is 0. The van der Waals surface area contributed by atoms with Gasteiger partial charge in [0.2, 0.25) is 0 Å². The van der Waals surface area contributed by atoms with Crippen LogP contribution >= 0.6 is 0 Å². The second-order valence-electron chi connectivity index (χ2n) is 8.37. The maximum absolute atomic E-state index is 10.0. The Morgan fingerprint density at radius 2 is 1.79 bits per heavy atom. The molecule has 1 unspecified atom stereocenters. The lowest BCUT2D eigenvalue weighted by molar-refractivity contribution is 0.0924. The van der Waals surface area contributed by atoms with Crippen LogP contribution in [0.15, 0.2) is 43.0 Å². The van der Waals surface area contributed by atoms with E-state index >= 15 is 0 Å². The van der Waals surface area contributed by atoms with Crippen LogP contribution in [0.5, 0.6) is 5.75 Å². The molecule has 2 rings (SSSR count). The van der Waals surface area contributed by atoms with Crippen LogP contribution in [-0.2, 0) is 12.0 Å². The highest BCUT2D eigenvalue weighted by molar-refractivity contribution is 5.31. The van der Waals surface area contributed by atoms with Gasteiger partial charge >= 0.3 is 0 Å². The fraction of sp³-hybridized carbons (Fsp3) is 0.550. The minimum Gasteiger partial charge on any atom is -0.491 e. The molecular weight excluding hydrogens is 300 g/mol. The number of aliphatic hydroxyl groups is 1. The molecule has 4 nitrogen and oxygen atoms in total. The third-order valence-electron chi connectivity index (χ3n) is 4.03. The Hall–Kier alpha value is -1.81. The second kappa shape index (κ2) is 7.39. The SMILES string of the molecule is CC(C)(C)CC(C)(C)c1ccc(OCC(O)Cn2ccnc2)cc1. The van der Waals surface area contributed by atoms with Gasteiger partial charge in [-0.2, -0.15) is 0 Å². The van der Waals surface area contributed by atoms with E-state index in [-0.39, 0.29) is 17.4 Å². The number of benzene rings is 1. The Labute approximate surface area is 145 Å². The maximum atomic E-state index is 10.0. The zero-order valence-electron chi connectivity index (χ0n) is 15.5. The van der Waals surface area contributed by atoms with Crippen molar-refractivity contribution in [3.8, 4) is 5.75 Å². The van der Waals surface area contributed by atoms with E-state index in [1.54, 1.807) is 12.5 Å². The van der Waals surface area contributed by atoms with Crippen LogP contribution in [0.4, 0.5) is 0 Å². The van der Waals surface area contributed by atoms with Crippen molar-refractivity contribution < 1.29 is 9.84 Å². The number of hydrogen-bond donors (Lipinski definition) is 1. The summed E-state index contributed by atoms with van der Waals surface area (Å²) in [5.41, 5.74) is 1.72. The highest BCUT2D eigenvalue weighted by Crippen LogP contribution is 2.36. The molecule has 1 aromatic heterocycles. The molecular formula is C20H30N2O2. The molecule has 1 aromatic carbocycles. The predicted octanol–water partition coefficient (Wildman–Crippen LogP) is 4.04. The summed E-state index contributed by atoms with van der Waals surface area (Å²) in [6.07, 6.45) is 5.77. The van der Waals surface area contributed by atoms with E-state index in [1.807, 2.05) is 22.9 Å². The van der Waals surface area contributed by atoms with E-state index in [9.17, 15) is 5.11 Å². The van der Waals surface area contributed by atoms with Crippen molar-refractivity contribution in [1.29, 1.82) is 0 Å². The van der Waals surface area contributed by atoms with E-state index < -0.39 is 6.10 Å². The fourth-order valence-electron chi connectivity index (χ4n) is 3.31. The first-order valence-electron chi connectivity index (χ1n) is 8.53. The molecule has 0 bridgehead atoms. The van der Waals surface area contributed by atoms with E-state index in [2.05, 4.69) is 51.7 Å². The Bertz CT molecular complexity index is 610. The van der Waals surface area contributed by atoms with Gasteiger partial charge in [-0.1, -0.05) is 46.8 Å². The third kappa shape index (κ3) is 5.68. The van der Waals surface area contributed by atoms with Gasteiger partial charge in [-0.25, -0.2) is 4.98 Å². The molecule has 0 aliphatic rings. The average Bonchev–Trinajstić information content (AvgIpc) is 2.96. The number of aromatic nitrogens is 2. The normalized spacial score (nSPS) is 13.8. The Balaban J connectivity index is 1.89. The van der Waals surface area contributed by atoms with Gasteiger partial charge in [-0.15, -0.1) is 0 Å². The van der Waals surface area contributed by atoms with Crippen LogP contribution in [0.3, 0.4) is 0 Å². The van der Waals surface area contributed by atoms with Crippen molar-refractivity contribution in [2.24, 2.45) is 5.41 Å². The van der Waals surface area contributed by atoms with Crippen molar-refractivity contribution in [3.05, 3.63) is 48.5 Å². The molecule has 24 heavy (non-hydrogen) atoms. The van der Waals surface area contributed by atoms with Crippen molar-refractivity contribution in [2.75, 3.05) is 6.61 Å². The number of rotatable bonds is 7. The monoisotopic (exact) mass is 330 g/mol. The van der Waals surface area contributed by atoms with Gasteiger partial charge in [0, 0.05) is 12.4 Å². The fourth-order valence-corrected chi connectivity index (χ4v) is 3.31. The third-order valence-corrected chi connectivity index (χ3v) is 4.03. The molecule has 0 saturated carbocycles. The minimum absolute atomic E-state index is 0.123. The summed E-state index contributed by atoms with van der Waals surface area (Å²) in [7, 11) is 0. The summed E-state index contributed by atoms with van der Waals surface area (Å²) < 4.78 is 7.54. The maximum Gasteiger partial charge on any atom is 0.119 e. The van der Waals surface area contributed by atoms with Crippen molar-refractivity contribution in [3.63, 3.8) is 0 Å². The molecule has 2 aromatic rings. The highest BCUT2D eigenvalue weighted by Gasteiger charge is 2.27. The summed E-state index contributed by atoms with van der Waals surface area (Å²) in [5.74, 6) is 0.787. The predicted molar refractivity (Wildman–Crippen MR) is 97.3 cm³/mol. The molecule has 0 spiro atoms. The molecule has 0 aliphatic heterocycles. The summed E-state index contributed by atoms with van der Waals surface area (Å²) in [5, 5.41) is 10.0.